The summed E-state index contributed by atoms with van der Waals surface area (Å²) in [5.74, 6) is -0.904. The Morgan fingerprint density at radius 3 is 2.64 bits per heavy atom. The summed E-state index contributed by atoms with van der Waals surface area (Å²) in [7, 11) is 1.85. The average molecular weight is 613 g/mol. The molecule has 0 aromatic carbocycles. The van der Waals surface area contributed by atoms with Gasteiger partial charge in [-0.1, -0.05) is 61.1 Å². The van der Waals surface area contributed by atoms with Gasteiger partial charge >= 0.3 is 0 Å². The van der Waals surface area contributed by atoms with E-state index in [9.17, 15) is 30.3 Å². The van der Waals surface area contributed by atoms with Crippen molar-refractivity contribution in [2.45, 2.75) is 83.6 Å². The topological polar surface area (TPSA) is 142 Å². The zero-order chi connectivity index (χ0) is 32.5. The second-order valence-electron chi connectivity index (χ2n) is 13.0. The second-order valence-corrected chi connectivity index (χ2v) is 13.0. The molecule has 0 heterocycles. The maximum atomic E-state index is 12.6. The number of carbonyl (C=O) groups excluding carboxylic acids is 1. The highest BCUT2D eigenvalue weighted by atomic mass is 16.3. The highest BCUT2D eigenvalue weighted by Gasteiger charge is 2.68. The number of aldehydes is 1. The van der Waals surface area contributed by atoms with Crippen LogP contribution in [0.3, 0.4) is 0 Å². The Morgan fingerprint density at radius 2 is 2.00 bits per heavy atom. The molecule has 2 bridgehead atoms. The Morgan fingerprint density at radius 1 is 1.25 bits per heavy atom. The molecule has 2 saturated carbocycles. The van der Waals surface area contributed by atoms with Crippen LogP contribution in [0.4, 0.5) is 0 Å². The minimum absolute atomic E-state index is 0.0316. The molecule has 0 aromatic heterocycles. The standard InChI is InChI=1S/C36H56N2O6/c1-6-38-34(43)25(3)11-7-9-24(2)10-8-12-29(23-41)30-15-17-36(33(30)42)32-27(16-20-39)13-14-28(31(32)26(4)22-40)21-35(36,44)18-19-37-5/h8,10-14,22,27-28,30,32-34,37-39,41-44H,2,6-7,9,15-21,23H2,1,3-5H3/b10-8-,25-11+,29-12-,31-26?/t27-,28-,30-,32-,33+,34+,35+,36+/m0/s1. The third kappa shape index (κ3) is 7.44. The number of allylic oxidation sites excluding steroid dienone is 9. The highest BCUT2D eigenvalue weighted by Crippen LogP contribution is 2.67. The maximum Gasteiger partial charge on any atom is 0.145 e. The van der Waals surface area contributed by atoms with Crippen molar-refractivity contribution >= 4 is 6.29 Å². The van der Waals surface area contributed by atoms with Crippen LogP contribution in [0, 0.1) is 29.1 Å². The number of carbonyl (C=O) groups is 1. The summed E-state index contributed by atoms with van der Waals surface area (Å²) in [6.07, 6.45) is 15.0. The zero-order valence-electron chi connectivity index (χ0n) is 27.1. The largest absolute Gasteiger partial charge is 0.396 e. The molecule has 0 unspecified atom stereocenters. The van der Waals surface area contributed by atoms with Crippen molar-refractivity contribution in [3.63, 3.8) is 0 Å². The molecular formula is C36H56N2O6. The lowest BCUT2D eigenvalue weighted by Crippen LogP contribution is -2.65. The fourth-order valence-corrected chi connectivity index (χ4v) is 8.25. The molecule has 2 fully saturated rings. The monoisotopic (exact) mass is 612 g/mol. The lowest BCUT2D eigenvalue weighted by Gasteiger charge is -2.61. The number of likely N-dealkylation sites (N-methyl/N-ethyl adjacent to an activating group) is 1. The fraction of sp³-hybridized carbons (Fsp3) is 0.639. The van der Waals surface area contributed by atoms with E-state index in [0.29, 0.717) is 56.3 Å². The van der Waals surface area contributed by atoms with Crippen LogP contribution >= 0.6 is 0 Å². The van der Waals surface area contributed by atoms with Gasteiger partial charge in [-0.25, -0.2) is 0 Å². The minimum atomic E-state index is -1.21. The van der Waals surface area contributed by atoms with Gasteiger partial charge in [0.2, 0.25) is 0 Å². The summed E-state index contributed by atoms with van der Waals surface area (Å²) in [6, 6.07) is 0. The van der Waals surface area contributed by atoms with Crippen molar-refractivity contribution in [1.29, 1.82) is 0 Å². The Labute approximate surface area is 264 Å². The Hall–Kier alpha value is -2.17. The van der Waals surface area contributed by atoms with Gasteiger partial charge in [-0.15, -0.1) is 0 Å². The van der Waals surface area contributed by atoms with E-state index in [1.54, 1.807) is 0 Å². The first-order chi connectivity index (χ1) is 21.0. The van der Waals surface area contributed by atoms with Gasteiger partial charge in [0.25, 0.3) is 0 Å². The molecule has 8 atom stereocenters. The van der Waals surface area contributed by atoms with Crippen LogP contribution in [0.1, 0.15) is 65.7 Å². The van der Waals surface area contributed by atoms with Gasteiger partial charge in [-0.05, 0) is 107 Å². The predicted octanol–water partition coefficient (Wildman–Crippen LogP) is 3.49. The number of aliphatic hydroxyl groups excluding tert-OH is 4. The zero-order valence-corrected chi connectivity index (χ0v) is 27.1. The fourth-order valence-electron chi connectivity index (χ4n) is 8.25. The van der Waals surface area contributed by atoms with E-state index in [1.807, 2.05) is 52.1 Å². The normalized spacial score (nSPS) is 34.2. The molecule has 0 amide bonds. The van der Waals surface area contributed by atoms with E-state index in [2.05, 4.69) is 29.4 Å². The summed E-state index contributed by atoms with van der Waals surface area (Å²) in [5, 5.41) is 61.5. The quantitative estimate of drug-likeness (QED) is 0.0462. The van der Waals surface area contributed by atoms with Gasteiger partial charge < -0.3 is 30.8 Å². The summed E-state index contributed by atoms with van der Waals surface area (Å²) in [5.41, 5.74) is 1.93. The number of fused-ring (bicyclic) bond motifs is 3. The van der Waals surface area contributed by atoms with Crippen LogP contribution in [0.2, 0.25) is 0 Å². The van der Waals surface area contributed by atoms with E-state index in [-0.39, 0.29) is 36.9 Å². The lowest BCUT2D eigenvalue weighted by molar-refractivity contribution is -0.194. The van der Waals surface area contributed by atoms with E-state index < -0.39 is 23.3 Å². The van der Waals surface area contributed by atoms with Gasteiger partial charge in [-0.2, -0.15) is 0 Å². The Kier molecular flexibility index (Phi) is 13.5. The van der Waals surface area contributed by atoms with Crippen molar-refractivity contribution < 1.29 is 30.3 Å². The summed E-state index contributed by atoms with van der Waals surface area (Å²) < 4.78 is 0. The molecule has 3 aliphatic rings. The molecule has 8 heteroatoms. The van der Waals surface area contributed by atoms with Crippen molar-refractivity contribution in [3.8, 4) is 0 Å². The number of hydrogen-bond acceptors (Lipinski definition) is 8. The third-order valence-electron chi connectivity index (χ3n) is 10.5. The number of nitrogens with one attached hydrogen (secondary N) is 2. The van der Waals surface area contributed by atoms with Gasteiger partial charge in [0, 0.05) is 23.9 Å². The molecule has 3 rings (SSSR count). The van der Waals surface area contributed by atoms with E-state index in [4.69, 9.17) is 0 Å². The lowest BCUT2D eigenvalue weighted by atomic mass is 9.45. The molecular weight excluding hydrogens is 556 g/mol. The van der Waals surface area contributed by atoms with Crippen LogP contribution in [0.15, 0.2) is 70.9 Å². The molecule has 0 saturated heterocycles. The van der Waals surface area contributed by atoms with Gasteiger partial charge in [-0.3, -0.25) is 10.1 Å². The molecule has 7 N–H and O–H groups in total. The van der Waals surface area contributed by atoms with Gasteiger partial charge in [0.15, 0.2) is 0 Å². The predicted molar refractivity (Wildman–Crippen MR) is 175 cm³/mol. The Bertz CT molecular complexity index is 1160. The highest BCUT2D eigenvalue weighted by molar-refractivity contribution is 5.74. The minimum Gasteiger partial charge on any atom is -0.396 e. The first kappa shape index (κ1) is 36.3. The van der Waals surface area contributed by atoms with Crippen LogP contribution in [0.5, 0.6) is 0 Å². The number of aliphatic hydroxyl groups is 5. The van der Waals surface area contributed by atoms with E-state index in [0.717, 1.165) is 35.8 Å². The van der Waals surface area contributed by atoms with Crippen molar-refractivity contribution in [3.05, 3.63) is 70.9 Å². The molecule has 3 aliphatic carbocycles. The van der Waals surface area contributed by atoms with E-state index in [1.165, 1.54) is 0 Å². The number of rotatable bonds is 16. The van der Waals surface area contributed by atoms with Gasteiger partial charge in [0.1, 0.15) is 12.5 Å². The first-order valence-corrected chi connectivity index (χ1v) is 16.3. The van der Waals surface area contributed by atoms with Crippen LogP contribution < -0.4 is 10.6 Å². The third-order valence-corrected chi connectivity index (χ3v) is 10.5. The van der Waals surface area contributed by atoms with Crippen LogP contribution in [-0.2, 0) is 4.79 Å². The van der Waals surface area contributed by atoms with Crippen molar-refractivity contribution in [2.75, 3.05) is 33.4 Å². The average Bonchev–Trinajstić information content (AvgIpc) is 3.35. The Balaban J connectivity index is 1.92. The molecule has 0 aromatic rings. The molecule has 246 valence electrons. The second kappa shape index (κ2) is 16.4. The van der Waals surface area contributed by atoms with Crippen LogP contribution in [0.25, 0.3) is 0 Å². The van der Waals surface area contributed by atoms with E-state index >= 15 is 0 Å². The van der Waals surface area contributed by atoms with Crippen LogP contribution in [-0.4, -0.2) is 83.1 Å². The van der Waals surface area contributed by atoms with Gasteiger partial charge in [0.05, 0.1) is 18.3 Å². The molecule has 44 heavy (non-hydrogen) atoms. The number of hydrogen-bond donors (Lipinski definition) is 7. The molecule has 8 nitrogen and oxygen atoms in total. The smallest absolute Gasteiger partial charge is 0.145 e. The summed E-state index contributed by atoms with van der Waals surface area (Å²) in [4.78, 5) is 12.1. The molecule has 1 spiro atoms. The molecule has 0 radical (unpaired) electrons. The summed E-state index contributed by atoms with van der Waals surface area (Å²) >= 11 is 0. The SMILES string of the molecule is C=C(/C=C\C=C(\CO)[C@@H]1CC[C@]2([C@@H]1O)[C@@H]1C(=C(C)C=O)[C@@H](C=C[C@H]1CCO)C[C@]2(O)CCNC)CC/C=C(\C)[C@@H](O)NCC. The van der Waals surface area contributed by atoms with Crippen molar-refractivity contribution in [2.24, 2.45) is 29.1 Å². The maximum absolute atomic E-state index is 12.6. The summed E-state index contributed by atoms with van der Waals surface area (Å²) in [6.45, 7) is 10.8. The first-order valence-electron chi connectivity index (χ1n) is 16.3. The molecule has 0 aliphatic heterocycles. The van der Waals surface area contributed by atoms with Crippen molar-refractivity contribution in [1.82, 2.24) is 10.6 Å².